The summed E-state index contributed by atoms with van der Waals surface area (Å²) < 4.78 is 1.11. The maximum Gasteiger partial charge on any atom is 0.0499 e. The molecule has 0 bridgehead atoms. The molecule has 0 atom stereocenters. The summed E-state index contributed by atoms with van der Waals surface area (Å²) in [5, 5.41) is 1.27. The van der Waals surface area contributed by atoms with Crippen molar-refractivity contribution in [2.75, 3.05) is 13.6 Å². The molecular formula is C19H19BrN2. The summed E-state index contributed by atoms with van der Waals surface area (Å²) in [7, 11) is 2.15. The Balaban J connectivity index is 1.61. The molecule has 112 valence electrons. The maximum atomic E-state index is 3.46. The summed E-state index contributed by atoms with van der Waals surface area (Å²) in [6.45, 7) is 1.86. The SMILES string of the molecule is CN(CC=Cc1ccc(Br)cc1)Cc1cccc2cc[nH]c12. The van der Waals surface area contributed by atoms with Crippen LogP contribution >= 0.6 is 15.9 Å². The lowest BCUT2D eigenvalue weighted by Gasteiger charge is -2.15. The molecule has 1 N–H and O–H groups in total. The predicted molar refractivity (Wildman–Crippen MR) is 97.8 cm³/mol. The average molecular weight is 355 g/mol. The number of hydrogen-bond acceptors (Lipinski definition) is 1. The van der Waals surface area contributed by atoms with Crippen LogP contribution < -0.4 is 0 Å². The number of aromatic amines is 1. The Morgan fingerprint density at radius 3 is 2.73 bits per heavy atom. The van der Waals surface area contributed by atoms with Gasteiger partial charge < -0.3 is 4.98 Å². The number of nitrogens with one attached hydrogen (secondary N) is 1. The topological polar surface area (TPSA) is 19.0 Å². The second kappa shape index (κ2) is 6.95. The van der Waals surface area contributed by atoms with Crippen LogP contribution in [-0.4, -0.2) is 23.5 Å². The van der Waals surface area contributed by atoms with Crippen molar-refractivity contribution < 1.29 is 0 Å². The molecule has 22 heavy (non-hydrogen) atoms. The molecule has 0 amide bonds. The van der Waals surface area contributed by atoms with Crippen molar-refractivity contribution in [3.05, 3.63) is 76.4 Å². The summed E-state index contributed by atoms with van der Waals surface area (Å²) in [4.78, 5) is 5.64. The van der Waals surface area contributed by atoms with Crippen molar-refractivity contribution in [3.63, 3.8) is 0 Å². The number of nitrogens with zero attached hydrogens (tertiary/aromatic N) is 1. The first-order valence-corrected chi connectivity index (χ1v) is 8.17. The Hall–Kier alpha value is -1.84. The molecule has 2 aromatic carbocycles. The van der Waals surface area contributed by atoms with Gasteiger partial charge in [-0.15, -0.1) is 0 Å². The summed E-state index contributed by atoms with van der Waals surface area (Å²) in [6, 6.07) is 16.9. The van der Waals surface area contributed by atoms with Gasteiger partial charge in [-0.05, 0) is 41.8 Å². The molecule has 2 nitrogen and oxygen atoms in total. The molecular weight excluding hydrogens is 336 g/mol. The minimum atomic E-state index is 0.924. The van der Waals surface area contributed by atoms with Crippen LogP contribution in [-0.2, 0) is 6.54 Å². The molecule has 3 aromatic rings. The van der Waals surface area contributed by atoms with Gasteiger partial charge >= 0.3 is 0 Å². The molecule has 0 aliphatic rings. The molecule has 0 saturated carbocycles. The summed E-state index contributed by atoms with van der Waals surface area (Å²) in [5.41, 5.74) is 3.80. The van der Waals surface area contributed by atoms with Crippen LogP contribution in [0.3, 0.4) is 0 Å². The van der Waals surface area contributed by atoms with E-state index in [2.05, 4.69) is 93.5 Å². The van der Waals surface area contributed by atoms with E-state index in [4.69, 9.17) is 0 Å². The van der Waals surface area contributed by atoms with E-state index >= 15 is 0 Å². The van der Waals surface area contributed by atoms with Gasteiger partial charge in [-0.1, -0.05) is 58.4 Å². The van der Waals surface area contributed by atoms with E-state index in [1.807, 2.05) is 6.20 Å². The highest BCUT2D eigenvalue weighted by Gasteiger charge is 2.04. The highest BCUT2D eigenvalue weighted by Crippen LogP contribution is 2.18. The third-order valence-corrected chi connectivity index (χ3v) is 4.24. The summed E-state index contributed by atoms with van der Waals surface area (Å²) in [5.74, 6) is 0. The third kappa shape index (κ3) is 3.67. The summed E-state index contributed by atoms with van der Waals surface area (Å²) >= 11 is 3.46. The fourth-order valence-electron chi connectivity index (χ4n) is 2.58. The number of likely N-dealkylation sites (N-methyl/N-ethyl adjacent to an activating group) is 1. The first-order valence-electron chi connectivity index (χ1n) is 7.38. The largest absolute Gasteiger partial charge is 0.361 e. The fraction of sp³-hybridized carbons (Fsp3) is 0.158. The van der Waals surface area contributed by atoms with Crippen molar-refractivity contribution in [3.8, 4) is 0 Å². The highest BCUT2D eigenvalue weighted by atomic mass is 79.9. The minimum absolute atomic E-state index is 0.924. The molecule has 0 spiro atoms. The van der Waals surface area contributed by atoms with Gasteiger partial charge in [-0.25, -0.2) is 0 Å². The normalized spacial score (nSPS) is 11.8. The second-order valence-corrected chi connectivity index (χ2v) is 6.43. The van der Waals surface area contributed by atoms with E-state index in [9.17, 15) is 0 Å². The Morgan fingerprint density at radius 2 is 1.91 bits per heavy atom. The molecule has 0 radical (unpaired) electrons. The molecule has 1 heterocycles. The lowest BCUT2D eigenvalue weighted by Crippen LogP contribution is -2.17. The van der Waals surface area contributed by atoms with Crippen LogP contribution in [0, 0.1) is 0 Å². The predicted octanol–water partition coefficient (Wildman–Crippen LogP) is 5.08. The van der Waals surface area contributed by atoms with Gasteiger partial charge in [0.25, 0.3) is 0 Å². The first kappa shape index (κ1) is 15.1. The lowest BCUT2D eigenvalue weighted by molar-refractivity contribution is 0.365. The minimum Gasteiger partial charge on any atom is -0.361 e. The Morgan fingerprint density at radius 1 is 1.09 bits per heavy atom. The molecule has 0 aliphatic carbocycles. The molecule has 3 rings (SSSR count). The standard InChI is InChI=1S/C19H19BrN2/c1-22(13-3-4-15-7-9-18(20)10-8-15)14-17-6-2-5-16-11-12-21-19(16)17/h2-12,21H,13-14H2,1H3. The molecule has 0 saturated heterocycles. The zero-order valence-corrected chi connectivity index (χ0v) is 14.2. The average Bonchev–Trinajstić information content (AvgIpc) is 2.99. The lowest BCUT2D eigenvalue weighted by atomic mass is 10.1. The number of aromatic nitrogens is 1. The number of rotatable bonds is 5. The van der Waals surface area contributed by atoms with E-state index in [0.717, 1.165) is 17.6 Å². The van der Waals surface area contributed by atoms with Crippen molar-refractivity contribution in [2.24, 2.45) is 0 Å². The number of hydrogen-bond donors (Lipinski definition) is 1. The second-order valence-electron chi connectivity index (χ2n) is 5.51. The highest BCUT2D eigenvalue weighted by molar-refractivity contribution is 9.10. The van der Waals surface area contributed by atoms with Gasteiger partial charge in [0.05, 0.1) is 0 Å². The molecule has 0 fully saturated rings. The van der Waals surface area contributed by atoms with E-state index < -0.39 is 0 Å². The van der Waals surface area contributed by atoms with E-state index in [1.165, 1.54) is 22.0 Å². The van der Waals surface area contributed by atoms with E-state index in [-0.39, 0.29) is 0 Å². The Kier molecular flexibility index (Phi) is 4.76. The van der Waals surface area contributed by atoms with E-state index in [1.54, 1.807) is 0 Å². The van der Waals surface area contributed by atoms with Gasteiger partial charge in [0.2, 0.25) is 0 Å². The van der Waals surface area contributed by atoms with Crippen LogP contribution in [0.15, 0.2) is 65.3 Å². The molecule has 1 aromatic heterocycles. The van der Waals surface area contributed by atoms with Crippen molar-refractivity contribution in [1.82, 2.24) is 9.88 Å². The van der Waals surface area contributed by atoms with Crippen LogP contribution in [0.2, 0.25) is 0 Å². The fourth-order valence-corrected chi connectivity index (χ4v) is 2.84. The van der Waals surface area contributed by atoms with Crippen molar-refractivity contribution >= 4 is 32.9 Å². The summed E-state index contributed by atoms with van der Waals surface area (Å²) in [6.07, 6.45) is 6.37. The number of H-pyrrole nitrogens is 1. The van der Waals surface area contributed by atoms with Gasteiger partial charge in [-0.2, -0.15) is 0 Å². The van der Waals surface area contributed by atoms with E-state index in [0.29, 0.717) is 0 Å². The van der Waals surface area contributed by atoms with Gasteiger partial charge in [-0.3, -0.25) is 4.90 Å². The van der Waals surface area contributed by atoms with Crippen molar-refractivity contribution in [2.45, 2.75) is 6.54 Å². The Bertz CT molecular complexity index is 771. The molecule has 3 heteroatoms. The van der Waals surface area contributed by atoms with Crippen LogP contribution in [0.25, 0.3) is 17.0 Å². The van der Waals surface area contributed by atoms with Gasteiger partial charge in [0, 0.05) is 29.3 Å². The smallest absolute Gasteiger partial charge is 0.0499 e. The Labute approximate surface area is 139 Å². The number of para-hydroxylation sites is 1. The number of benzene rings is 2. The first-order chi connectivity index (χ1) is 10.7. The van der Waals surface area contributed by atoms with Crippen molar-refractivity contribution in [1.29, 1.82) is 0 Å². The zero-order chi connectivity index (χ0) is 15.4. The van der Waals surface area contributed by atoms with Crippen LogP contribution in [0.5, 0.6) is 0 Å². The van der Waals surface area contributed by atoms with Gasteiger partial charge in [0.15, 0.2) is 0 Å². The third-order valence-electron chi connectivity index (χ3n) is 3.71. The van der Waals surface area contributed by atoms with Crippen LogP contribution in [0.4, 0.5) is 0 Å². The monoisotopic (exact) mass is 354 g/mol. The number of fused-ring (bicyclic) bond motifs is 1. The maximum absolute atomic E-state index is 3.46. The van der Waals surface area contributed by atoms with Crippen LogP contribution in [0.1, 0.15) is 11.1 Å². The van der Waals surface area contributed by atoms with Gasteiger partial charge in [0.1, 0.15) is 0 Å². The zero-order valence-electron chi connectivity index (χ0n) is 12.6. The quantitative estimate of drug-likeness (QED) is 0.677. The molecule has 0 aliphatic heterocycles. The number of halogens is 1. The molecule has 0 unspecified atom stereocenters.